The summed E-state index contributed by atoms with van der Waals surface area (Å²) in [5.74, 6) is 1.68. The van der Waals surface area contributed by atoms with Crippen molar-refractivity contribution in [2.45, 2.75) is 6.10 Å². The van der Waals surface area contributed by atoms with Crippen molar-refractivity contribution in [2.75, 3.05) is 51.3 Å². The SMILES string of the molecule is COc1ccc(N2CCN(C[C@@H](O)COc3ccccc3-c3ccccc3)CC2)cc1. The van der Waals surface area contributed by atoms with Gasteiger partial charge in [0.2, 0.25) is 0 Å². The zero-order chi connectivity index (χ0) is 21.5. The molecule has 0 spiro atoms. The third-order valence-electron chi connectivity index (χ3n) is 5.68. The van der Waals surface area contributed by atoms with Crippen LogP contribution in [0.1, 0.15) is 0 Å². The summed E-state index contributed by atoms with van der Waals surface area (Å²) in [6.07, 6.45) is -0.531. The van der Waals surface area contributed by atoms with Crippen molar-refractivity contribution in [2.24, 2.45) is 0 Å². The monoisotopic (exact) mass is 418 g/mol. The second-order valence-corrected chi connectivity index (χ2v) is 7.81. The Morgan fingerprint density at radius 3 is 2.23 bits per heavy atom. The summed E-state index contributed by atoms with van der Waals surface area (Å²) in [4.78, 5) is 4.67. The Balaban J connectivity index is 1.26. The van der Waals surface area contributed by atoms with Crippen LogP contribution in [0.4, 0.5) is 5.69 Å². The topological polar surface area (TPSA) is 45.2 Å². The van der Waals surface area contributed by atoms with E-state index in [1.165, 1.54) is 5.69 Å². The Hall–Kier alpha value is -3.02. The molecule has 0 aliphatic carbocycles. The number of hydrogen-bond acceptors (Lipinski definition) is 5. The Bertz CT molecular complexity index is 938. The number of aliphatic hydroxyl groups excluding tert-OH is 1. The fraction of sp³-hybridized carbons (Fsp3) is 0.308. The molecule has 1 fully saturated rings. The number of aliphatic hydroxyl groups is 1. The van der Waals surface area contributed by atoms with E-state index in [0.717, 1.165) is 48.8 Å². The van der Waals surface area contributed by atoms with Gasteiger partial charge in [0, 0.05) is 44.0 Å². The third kappa shape index (κ3) is 5.57. The molecule has 3 aromatic carbocycles. The van der Waals surface area contributed by atoms with Gasteiger partial charge in [0.15, 0.2) is 0 Å². The van der Waals surface area contributed by atoms with E-state index in [9.17, 15) is 5.11 Å². The molecule has 0 unspecified atom stereocenters. The lowest BCUT2D eigenvalue weighted by atomic mass is 10.1. The van der Waals surface area contributed by atoms with Crippen molar-refractivity contribution in [1.29, 1.82) is 0 Å². The van der Waals surface area contributed by atoms with Crippen LogP contribution in [0.5, 0.6) is 11.5 Å². The molecule has 0 radical (unpaired) electrons. The van der Waals surface area contributed by atoms with Gasteiger partial charge in [-0.1, -0.05) is 48.5 Å². The average Bonchev–Trinajstić information content (AvgIpc) is 2.84. The third-order valence-corrected chi connectivity index (χ3v) is 5.68. The molecule has 1 N–H and O–H groups in total. The summed E-state index contributed by atoms with van der Waals surface area (Å²) in [5, 5.41) is 10.6. The molecule has 162 valence electrons. The molecule has 1 aliphatic heterocycles. The highest BCUT2D eigenvalue weighted by Crippen LogP contribution is 2.29. The zero-order valence-electron chi connectivity index (χ0n) is 18.0. The van der Waals surface area contributed by atoms with Crippen LogP contribution in [0, 0.1) is 0 Å². The smallest absolute Gasteiger partial charge is 0.127 e. The number of anilines is 1. The van der Waals surface area contributed by atoms with Gasteiger partial charge in [0.25, 0.3) is 0 Å². The zero-order valence-corrected chi connectivity index (χ0v) is 18.0. The van der Waals surface area contributed by atoms with E-state index in [1.54, 1.807) is 7.11 Å². The first-order valence-electron chi connectivity index (χ1n) is 10.8. The van der Waals surface area contributed by atoms with Gasteiger partial charge in [-0.25, -0.2) is 0 Å². The normalized spacial score (nSPS) is 15.5. The van der Waals surface area contributed by atoms with Crippen molar-refractivity contribution >= 4 is 5.69 Å². The molecule has 3 aromatic rings. The maximum absolute atomic E-state index is 10.6. The van der Waals surface area contributed by atoms with Gasteiger partial charge in [-0.05, 0) is 35.9 Å². The molecule has 0 saturated carbocycles. The van der Waals surface area contributed by atoms with Gasteiger partial charge in [-0.3, -0.25) is 4.90 Å². The molecule has 1 aliphatic rings. The number of hydrogen-bond donors (Lipinski definition) is 1. The molecular weight excluding hydrogens is 388 g/mol. The Labute approximate surface area is 184 Å². The van der Waals surface area contributed by atoms with Gasteiger partial charge < -0.3 is 19.5 Å². The minimum absolute atomic E-state index is 0.280. The Kier molecular flexibility index (Phi) is 7.07. The van der Waals surface area contributed by atoms with Crippen LogP contribution in [0.2, 0.25) is 0 Å². The lowest BCUT2D eigenvalue weighted by Crippen LogP contribution is -2.49. The molecule has 0 aromatic heterocycles. The molecule has 31 heavy (non-hydrogen) atoms. The number of ether oxygens (including phenoxy) is 2. The van der Waals surface area contributed by atoms with E-state index in [1.807, 2.05) is 48.5 Å². The largest absolute Gasteiger partial charge is 0.497 e. The van der Waals surface area contributed by atoms with Crippen LogP contribution in [0.25, 0.3) is 11.1 Å². The van der Waals surface area contributed by atoms with Crippen LogP contribution in [-0.2, 0) is 0 Å². The first-order chi connectivity index (χ1) is 15.2. The maximum Gasteiger partial charge on any atom is 0.127 e. The van der Waals surface area contributed by atoms with E-state index >= 15 is 0 Å². The number of nitrogens with zero attached hydrogens (tertiary/aromatic N) is 2. The van der Waals surface area contributed by atoms with Crippen LogP contribution < -0.4 is 14.4 Å². The summed E-state index contributed by atoms with van der Waals surface area (Å²) in [7, 11) is 1.68. The standard InChI is InChI=1S/C26H30N2O3/c1-30-24-13-11-22(12-14-24)28-17-15-27(16-18-28)19-23(29)20-31-26-10-6-5-9-25(26)21-7-3-2-4-8-21/h2-14,23,29H,15-20H2,1H3/t23-/m1/s1. The predicted octanol–water partition coefficient (Wildman–Crippen LogP) is 3.92. The van der Waals surface area contributed by atoms with E-state index in [2.05, 4.69) is 40.1 Å². The van der Waals surface area contributed by atoms with Crippen molar-refractivity contribution in [3.63, 3.8) is 0 Å². The van der Waals surface area contributed by atoms with Crippen LogP contribution >= 0.6 is 0 Å². The first kappa shape index (κ1) is 21.2. The second kappa shape index (κ2) is 10.3. The highest BCUT2D eigenvalue weighted by Gasteiger charge is 2.20. The van der Waals surface area contributed by atoms with Crippen LogP contribution in [-0.4, -0.2) is 62.6 Å². The predicted molar refractivity (Wildman–Crippen MR) is 125 cm³/mol. The summed E-state index contributed by atoms with van der Waals surface area (Å²) in [6, 6.07) is 26.4. The fourth-order valence-corrected chi connectivity index (χ4v) is 3.97. The molecular formula is C26H30N2O3. The van der Waals surface area contributed by atoms with E-state index in [0.29, 0.717) is 6.54 Å². The summed E-state index contributed by atoms with van der Waals surface area (Å²) < 4.78 is 11.2. The fourth-order valence-electron chi connectivity index (χ4n) is 3.97. The van der Waals surface area contributed by atoms with Crippen LogP contribution in [0.3, 0.4) is 0 Å². The number of rotatable bonds is 8. The number of para-hydroxylation sites is 1. The van der Waals surface area contributed by atoms with Gasteiger partial charge in [-0.2, -0.15) is 0 Å². The number of methoxy groups -OCH3 is 1. The van der Waals surface area contributed by atoms with Crippen molar-refractivity contribution < 1.29 is 14.6 Å². The minimum atomic E-state index is -0.531. The highest BCUT2D eigenvalue weighted by atomic mass is 16.5. The quantitative estimate of drug-likeness (QED) is 0.601. The highest BCUT2D eigenvalue weighted by molar-refractivity contribution is 5.70. The number of β-amino-alcohol motifs (C(OH)–C–C–N with tert-alkyl or cyclic N) is 1. The lowest BCUT2D eigenvalue weighted by Gasteiger charge is -2.36. The van der Waals surface area contributed by atoms with Crippen molar-refractivity contribution in [1.82, 2.24) is 4.90 Å². The lowest BCUT2D eigenvalue weighted by molar-refractivity contribution is 0.0665. The Morgan fingerprint density at radius 1 is 0.839 bits per heavy atom. The van der Waals surface area contributed by atoms with Gasteiger partial charge in [0.1, 0.15) is 24.2 Å². The summed E-state index contributed by atoms with van der Waals surface area (Å²) >= 11 is 0. The Morgan fingerprint density at radius 2 is 1.52 bits per heavy atom. The van der Waals surface area contributed by atoms with E-state index < -0.39 is 6.10 Å². The summed E-state index contributed by atoms with van der Waals surface area (Å²) in [5.41, 5.74) is 3.37. The molecule has 5 heteroatoms. The second-order valence-electron chi connectivity index (χ2n) is 7.81. The molecule has 0 amide bonds. The molecule has 5 nitrogen and oxygen atoms in total. The van der Waals surface area contributed by atoms with E-state index in [-0.39, 0.29) is 6.61 Å². The molecule has 1 heterocycles. The average molecular weight is 419 g/mol. The van der Waals surface area contributed by atoms with Gasteiger partial charge in [-0.15, -0.1) is 0 Å². The van der Waals surface area contributed by atoms with Gasteiger partial charge in [0.05, 0.1) is 7.11 Å². The molecule has 0 bridgehead atoms. The number of benzene rings is 3. The summed E-state index contributed by atoms with van der Waals surface area (Å²) in [6.45, 7) is 4.62. The van der Waals surface area contributed by atoms with Crippen LogP contribution in [0.15, 0.2) is 78.9 Å². The first-order valence-corrected chi connectivity index (χ1v) is 10.8. The molecule has 1 saturated heterocycles. The van der Waals surface area contributed by atoms with Crippen molar-refractivity contribution in [3.8, 4) is 22.6 Å². The minimum Gasteiger partial charge on any atom is -0.497 e. The molecule has 1 atom stereocenters. The van der Waals surface area contributed by atoms with E-state index in [4.69, 9.17) is 9.47 Å². The molecule has 4 rings (SSSR count). The van der Waals surface area contributed by atoms with Gasteiger partial charge >= 0.3 is 0 Å². The number of piperazine rings is 1. The maximum atomic E-state index is 10.6. The van der Waals surface area contributed by atoms with Crippen molar-refractivity contribution in [3.05, 3.63) is 78.9 Å².